The Morgan fingerprint density at radius 1 is 1.19 bits per heavy atom. The van der Waals surface area contributed by atoms with Crippen LogP contribution in [0.2, 0.25) is 5.02 Å². The van der Waals surface area contributed by atoms with E-state index in [2.05, 4.69) is 10.6 Å². The average molecular weight is 400 g/mol. The van der Waals surface area contributed by atoms with Crippen molar-refractivity contribution in [1.29, 1.82) is 0 Å². The lowest BCUT2D eigenvalue weighted by Crippen LogP contribution is -2.39. The Balaban J connectivity index is 2.33. The Morgan fingerprint density at radius 3 is 2.38 bits per heavy atom. The van der Waals surface area contributed by atoms with Crippen LogP contribution in [-0.2, 0) is 4.84 Å². The van der Waals surface area contributed by atoms with E-state index < -0.39 is 10.9 Å². The van der Waals surface area contributed by atoms with Crippen molar-refractivity contribution >= 4 is 40.6 Å². The fourth-order valence-electron chi connectivity index (χ4n) is 2.08. The minimum Gasteiger partial charge on any atom is -0.505 e. The van der Waals surface area contributed by atoms with Crippen molar-refractivity contribution in [3.8, 4) is 5.75 Å². The van der Waals surface area contributed by atoms with E-state index in [0.717, 1.165) is 11.9 Å². The smallest absolute Gasteiger partial charge is 0.253 e. The molecule has 3 N–H and O–H groups in total. The van der Waals surface area contributed by atoms with Gasteiger partial charge in [-0.25, -0.2) is 0 Å². The molecule has 0 aliphatic heterocycles. The first kappa shape index (κ1) is 20.6. The molecular weight excluding hydrogens is 378 g/mol. The maximum absolute atomic E-state index is 12.0. The third-order valence-electron chi connectivity index (χ3n) is 4.10. The Kier molecular flexibility index (Phi) is 6.57. The second-order valence-corrected chi connectivity index (χ2v) is 7.71. The normalized spacial score (nSPS) is 12.8. The van der Waals surface area contributed by atoms with Crippen molar-refractivity contribution in [3.05, 3.63) is 37.6 Å². The van der Waals surface area contributed by atoms with Gasteiger partial charge in [0, 0.05) is 13.1 Å². The third-order valence-corrected chi connectivity index (χ3v) is 5.53. The van der Waals surface area contributed by atoms with Gasteiger partial charge in [0.1, 0.15) is 11.4 Å². The Bertz CT molecular complexity index is 864. The van der Waals surface area contributed by atoms with Crippen LogP contribution in [0.15, 0.2) is 26.6 Å². The first-order chi connectivity index (χ1) is 12.2. The van der Waals surface area contributed by atoms with E-state index in [9.17, 15) is 14.7 Å². The molecule has 0 spiro atoms. The predicted octanol–water partition coefficient (Wildman–Crippen LogP) is 3.34. The number of rotatable bonds is 8. The second-order valence-electron chi connectivity index (χ2n) is 6.20. The number of hydrogen-bond donors (Lipinski definition) is 3. The summed E-state index contributed by atoms with van der Waals surface area (Å²) in [7, 11) is 3.14. The molecule has 0 aliphatic carbocycles. The molecule has 142 valence electrons. The molecule has 9 heteroatoms. The third kappa shape index (κ3) is 4.15. The summed E-state index contributed by atoms with van der Waals surface area (Å²) in [4.78, 5) is 29.2. The van der Waals surface area contributed by atoms with Crippen LogP contribution in [0, 0.1) is 5.92 Å². The molecule has 26 heavy (non-hydrogen) atoms. The van der Waals surface area contributed by atoms with Crippen LogP contribution in [0.5, 0.6) is 5.75 Å². The highest BCUT2D eigenvalue weighted by molar-refractivity contribution is 7.97. The highest BCUT2D eigenvalue weighted by Crippen LogP contribution is 2.42. The van der Waals surface area contributed by atoms with E-state index in [1.54, 1.807) is 19.2 Å². The van der Waals surface area contributed by atoms with Crippen LogP contribution in [0.4, 0.5) is 17.1 Å². The van der Waals surface area contributed by atoms with Gasteiger partial charge in [-0.15, -0.1) is 4.47 Å². The van der Waals surface area contributed by atoms with E-state index in [1.807, 2.05) is 20.8 Å². The first-order valence-electron chi connectivity index (χ1n) is 8.01. The molecule has 0 fully saturated rings. The van der Waals surface area contributed by atoms with Gasteiger partial charge in [-0.3, -0.25) is 14.4 Å². The number of anilines is 3. The van der Waals surface area contributed by atoms with Gasteiger partial charge in [0.15, 0.2) is 5.75 Å². The van der Waals surface area contributed by atoms with Gasteiger partial charge >= 0.3 is 0 Å². The van der Waals surface area contributed by atoms with E-state index >= 15 is 0 Å². The molecule has 0 unspecified atom stereocenters. The zero-order valence-corrected chi connectivity index (χ0v) is 16.8. The molecule has 0 saturated heterocycles. The molecule has 2 aromatic carbocycles. The quantitative estimate of drug-likeness (QED) is 0.269. The molecule has 0 bridgehead atoms. The summed E-state index contributed by atoms with van der Waals surface area (Å²) in [5.74, 6) is 0.145. The Hall–Kier alpha value is -1.74. The maximum atomic E-state index is 12.0. The lowest BCUT2D eigenvalue weighted by molar-refractivity contribution is -0.0146. The Morgan fingerprint density at radius 2 is 1.81 bits per heavy atom. The number of nitrogens with zero attached hydrogens (tertiary/aromatic N) is 1. The molecule has 0 radical (unpaired) electrons. The predicted molar refractivity (Wildman–Crippen MR) is 106 cm³/mol. The molecule has 1 atom stereocenters. The number of benzene rings is 1. The van der Waals surface area contributed by atoms with Gasteiger partial charge in [-0.1, -0.05) is 25.4 Å². The number of hydroxylamine groups is 1. The molecule has 0 aromatic heterocycles. The standard InChI is InChI=1S/C17H22ClN3O4S/c1-8(2)9(3)19-12-13(16(24)15(12)23)20-11-7-6-10(18)17(14(11)22)26-21(4)25-5/h6-9,19-20,22H,1-5H3/t9-/m1/s1. The summed E-state index contributed by atoms with van der Waals surface area (Å²) in [6.45, 7) is 5.95. The minimum atomic E-state index is -0.624. The van der Waals surface area contributed by atoms with Gasteiger partial charge < -0.3 is 15.7 Å². The molecule has 2 aromatic rings. The minimum absolute atomic E-state index is 0.0131. The highest BCUT2D eigenvalue weighted by atomic mass is 35.5. The van der Waals surface area contributed by atoms with Crippen molar-refractivity contribution in [2.24, 2.45) is 5.92 Å². The van der Waals surface area contributed by atoms with Crippen LogP contribution in [-0.4, -0.2) is 29.8 Å². The van der Waals surface area contributed by atoms with Crippen molar-refractivity contribution in [2.45, 2.75) is 31.7 Å². The zero-order chi connectivity index (χ0) is 19.6. The summed E-state index contributed by atoms with van der Waals surface area (Å²) in [5.41, 5.74) is -0.554. The van der Waals surface area contributed by atoms with Gasteiger partial charge in [0.25, 0.3) is 10.9 Å². The monoisotopic (exact) mass is 399 g/mol. The maximum Gasteiger partial charge on any atom is 0.253 e. The second kappa shape index (κ2) is 8.30. The lowest BCUT2D eigenvalue weighted by Gasteiger charge is -2.22. The molecule has 2 rings (SSSR count). The molecule has 0 saturated carbocycles. The molecular formula is C17H22ClN3O4S. The topological polar surface area (TPSA) is 90.9 Å². The van der Waals surface area contributed by atoms with Crippen LogP contribution in [0.25, 0.3) is 0 Å². The van der Waals surface area contributed by atoms with Crippen molar-refractivity contribution < 1.29 is 9.94 Å². The number of nitrogens with one attached hydrogen (secondary N) is 2. The summed E-state index contributed by atoms with van der Waals surface area (Å²) < 4.78 is 1.42. The summed E-state index contributed by atoms with van der Waals surface area (Å²) in [5, 5.41) is 16.7. The van der Waals surface area contributed by atoms with E-state index in [1.165, 1.54) is 11.6 Å². The molecule has 0 heterocycles. The van der Waals surface area contributed by atoms with Crippen LogP contribution in [0.3, 0.4) is 0 Å². The van der Waals surface area contributed by atoms with Gasteiger partial charge in [-0.2, -0.15) is 0 Å². The molecule has 0 aliphatic rings. The van der Waals surface area contributed by atoms with E-state index in [-0.39, 0.29) is 34.8 Å². The lowest BCUT2D eigenvalue weighted by atomic mass is 10.0. The number of halogens is 1. The number of phenolic OH excluding ortho intramolecular Hbond substituents is 1. The number of hydrogen-bond acceptors (Lipinski definition) is 8. The Labute approximate surface area is 161 Å². The average Bonchev–Trinajstić information content (AvgIpc) is 2.61. The van der Waals surface area contributed by atoms with Gasteiger partial charge in [0.2, 0.25) is 0 Å². The van der Waals surface area contributed by atoms with Crippen molar-refractivity contribution in [2.75, 3.05) is 24.8 Å². The first-order valence-corrected chi connectivity index (χ1v) is 9.16. The molecule has 7 nitrogen and oxygen atoms in total. The van der Waals surface area contributed by atoms with Gasteiger partial charge in [-0.05, 0) is 36.9 Å². The zero-order valence-electron chi connectivity index (χ0n) is 15.2. The van der Waals surface area contributed by atoms with Crippen LogP contribution < -0.4 is 21.5 Å². The number of phenols is 1. The number of aromatic hydroxyl groups is 1. The summed E-state index contributed by atoms with van der Waals surface area (Å²) in [6, 6.07) is 3.14. The van der Waals surface area contributed by atoms with Gasteiger partial charge in [0.05, 0.1) is 22.7 Å². The SMILES string of the molecule is CON(C)Sc1c(Cl)ccc(Nc2c(N[C@H](C)C(C)C)c(=O)c2=O)c1O. The van der Waals surface area contributed by atoms with Crippen molar-refractivity contribution in [3.63, 3.8) is 0 Å². The van der Waals surface area contributed by atoms with Crippen LogP contribution >= 0.6 is 23.5 Å². The fourth-order valence-corrected chi connectivity index (χ4v) is 3.02. The summed E-state index contributed by atoms with van der Waals surface area (Å²) >= 11 is 7.22. The summed E-state index contributed by atoms with van der Waals surface area (Å²) in [6.07, 6.45) is 0. The van der Waals surface area contributed by atoms with E-state index in [0.29, 0.717) is 9.92 Å². The van der Waals surface area contributed by atoms with Crippen molar-refractivity contribution in [1.82, 2.24) is 4.47 Å². The largest absolute Gasteiger partial charge is 0.505 e. The molecule has 0 amide bonds. The highest BCUT2D eigenvalue weighted by Gasteiger charge is 2.25. The van der Waals surface area contributed by atoms with Crippen LogP contribution in [0.1, 0.15) is 20.8 Å². The van der Waals surface area contributed by atoms with E-state index in [4.69, 9.17) is 16.4 Å². The fraction of sp³-hybridized carbons (Fsp3) is 0.412.